The summed E-state index contributed by atoms with van der Waals surface area (Å²) in [7, 11) is 0. The Hall–Kier alpha value is -1.40. The third-order valence-corrected chi connectivity index (χ3v) is 3.70. The number of hydrogen-bond acceptors (Lipinski definition) is 5. The van der Waals surface area contributed by atoms with E-state index in [-0.39, 0.29) is 12.5 Å². The number of esters is 1. The molecule has 1 aromatic heterocycles. The van der Waals surface area contributed by atoms with E-state index in [9.17, 15) is 4.79 Å². The van der Waals surface area contributed by atoms with Gasteiger partial charge >= 0.3 is 5.97 Å². The fourth-order valence-corrected chi connectivity index (χ4v) is 2.50. The molecule has 0 aliphatic carbocycles. The van der Waals surface area contributed by atoms with Crippen LogP contribution in [0.1, 0.15) is 6.92 Å². The Balaban J connectivity index is 2.24. The maximum absolute atomic E-state index is 11.7. The molecule has 4 nitrogen and oxygen atoms in total. The van der Waals surface area contributed by atoms with Gasteiger partial charge in [0.25, 0.3) is 0 Å². The topological polar surface area (TPSA) is 42.4 Å². The summed E-state index contributed by atoms with van der Waals surface area (Å²) in [5.41, 5.74) is 0.909. The SMILES string of the molecule is CCOC(=O)CN(c1ccc(Br)cc1)c1nccs1. The molecule has 2 aromatic rings. The summed E-state index contributed by atoms with van der Waals surface area (Å²) >= 11 is 4.88. The van der Waals surface area contributed by atoms with Gasteiger partial charge in [0.2, 0.25) is 0 Å². The monoisotopic (exact) mass is 340 g/mol. The number of aromatic nitrogens is 1. The Kier molecular flexibility index (Phi) is 4.93. The number of benzene rings is 1. The molecule has 0 saturated carbocycles. The number of anilines is 2. The fraction of sp³-hybridized carbons (Fsp3) is 0.231. The Bertz CT molecular complexity index is 528. The summed E-state index contributed by atoms with van der Waals surface area (Å²) in [5, 5.41) is 2.65. The van der Waals surface area contributed by atoms with E-state index in [4.69, 9.17) is 4.74 Å². The average Bonchev–Trinajstić information content (AvgIpc) is 2.91. The Morgan fingerprint density at radius 2 is 2.16 bits per heavy atom. The van der Waals surface area contributed by atoms with Gasteiger partial charge < -0.3 is 9.64 Å². The number of thiazole rings is 1. The van der Waals surface area contributed by atoms with E-state index < -0.39 is 0 Å². The van der Waals surface area contributed by atoms with E-state index in [1.165, 1.54) is 11.3 Å². The summed E-state index contributed by atoms with van der Waals surface area (Å²) in [5.74, 6) is -0.263. The van der Waals surface area contributed by atoms with Gasteiger partial charge in [-0.2, -0.15) is 0 Å². The molecule has 0 aliphatic rings. The third kappa shape index (κ3) is 3.78. The first kappa shape index (κ1) is 14.0. The summed E-state index contributed by atoms with van der Waals surface area (Å²) in [6.07, 6.45) is 1.72. The van der Waals surface area contributed by atoms with Crippen LogP contribution in [0, 0.1) is 0 Å². The molecule has 100 valence electrons. The van der Waals surface area contributed by atoms with Crippen molar-refractivity contribution in [3.8, 4) is 0 Å². The molecule has 6 heteroatoms. The number of carbonyl (C=O) groups is 1. The van der Waals surface area contributed by atoms with Crippen molar-refractivity contribution >= 4 is 44.1 Å². The Labute approximate surface area is 124 Å². The van der Waals surface area contributed by atoms with Gasteiger partial charge in [0.15, 0.2) is 5.13 Å². The maximum Gasteiger partial charge on any atom is 0.326 e. The normalized spacial score (nSPS) is 10.2. The van der Waals surface area contributed by atoms with Crippen molar-refractivity contribution < 1.29 is 9.53 Å². The zero-order valence-corrected chi connectivity index (χ0v) is 12.8. The van der Waals surface area contributed by atoms with E-state index in [0.29, 0.717) is 6.61 Å². The Morgan fingerprint density at radius 1 is 1.42 bits per heavy atom. The molecule has 19 heavy (non-hydrogen) atoms. The lowest BCUT2D eigenvalue weighted by Crippen LogP contribution is -2.26. The van der Waals surface area contributed by atoms with E-state index in [0.717, 1.165) is 15.3 Å². The molecular weight excluding hydrogens is 328 g/mol. The van der Waals surface area contributed by atoms with Crippen molar-refractivity contribution in [2.45, 2.75) is 6.92 Å². The average molecular weight is 341 g/mol. The molecule has 0 unspecified atom stereocenters. The molecule has 0 radical (unpaired) electrons. The Morgan fingerprint density at radius 3 is 2.74 bits per heavy atom. The van der Waals surface area contributed by atoms with Crippen LogP contribution in [0.15, 0.2) is 40.3 Å². The summed E-state index contributed by atoms with van der Waals surface area (Å²) in [6.45, 7) is 2.33. The first-order valence-electron chi connectivity index (χ1n) is 5.79. The second-order valence-electron chi connectivity index (χ2n) is 3.68. The summed E-state index contributed by atoms with van der Waals surface area (Å²) in [4.78, 5) is 17.8. The highest BCUT2D eigenvalue weighted by Crippen LogP contribution is 2.28. The van der Waals surface area contributed by atoms with Crippen LogP contribution in [-0.2, 0) is 9.53 Å². The summed E-state index contributed by atoms with van der Waals surface area (Å²) in [6, 6.07) is 7.73. The largest absolute Gasteiger partial charge is 0.465 e. The number of rotatable bonds is 5. The van der Waals surface area contributed by atoms with Crippen LogP contribution in [0.3, 0.4) is 0 Å². The van der Waals surface area contributed by atoms with E-state index in [1.54, 1.807) is 13.1 Å². The van der Waals surface area contributed by atoms with Crippen molar-refractivity contribution in [2.24, 2.45) is 0 Å². The fourth-order valence-electron chi connectivity index (χ4n) is 1.58. The summed E-state index contributed by atoms with van der Waals surface area (Å²) < 4.78 is 5.99. The molecule has 0 aliphatic heterocycles. The first-order chi connectivity index (χ1) is 9.20. The van der Waals surface area contributed by atoms with Crippen LogP contribution in [0.4, 0.5) is 10.8 Å². The zero-order chi connectivity index (χ0) is 13.7. The molecule has 1 heterocycles. The van der Waals surface area contributed by atoms with Gasteiger partial charge in [0.05, 0.1) is 6.61 Å². The van der Waals surface area contributed by atoms with E-state index >= 15 is 0 Å². The minimum atomic E-state index is -0.263. The number of ether oxygens (including phenoxy) is 1. The highest BCUT2D eigenvalue weighted by Gasteiger charge is 2.16. The van der Waals surface area contributed by atoms with Crippen LogP contribution in [0.25, 0.3) is 0 Å². The van der Waals surface area contributed by atoms with E-state index in [2.05, 4.69) is 20.9 Å². The highest BCUT2D eigenvalue weighted by atomic mass is 79.9. The molecule has 0 spiro atoms. The lowest BCUT2D eigenvalue weighted by Gasteiger charge is -2.20. The quantitative estimate of drug-likeness (QED) is 0.780. The van der Waals surface area contributed by atoms with Crippen molar-refractivity contribution in [3.05, 3.63) is 40.3 Å². The van der Waals surface area contributed by atoms with Gasteiger partial charge in [-0.3, -0.25) is 4.79 Å². The van der Waals surface area contributed by atoms with Crippen molar-refractivity contribution in [3.63, 3.8) is 0 Å². The lowest BCUT2D eigenvalue weighted by molar-refractivity contribution is -0.141. The van der Waals surface area contributed by atoms with Crippen molar-refractivity contribution in [1.82, 2.24) is 4.98 Å². The predicted octanol–water partition coefficient (Wildman–Crippen LogP) is 3.61. The van der Waals surface area contributed by atoms with Gasteiger partial charge in [0.1, 0.15) is 6.54 Å². The minimum absolute atomic E-state index is 0.156. The molecule has 2 rings (SSSR count). The molecule has 0 atom stereocenters. The van der Waals surface area contributed by atoms with Gasteiger partial charge in [-0.15, -0.1) is 11.3 Å². The second kappa shape index (κ2) is 6.68. The lowest BCUT2D eigenvalue weighted by atomic mass is 10.3. The van der Waals surface area contributed by atoms with Crippen LogP contribution >= 0.6 is 27.3 Å². The molecule has 0 amide bonds. The van der Waals surface area contributed by atoms with Crippen LogP contribution in [0.2, 0.25) is 0 Å². The number of halogens is 1. The molecular formula is C13H13BrN2O2S. The van der Waals surface area contributed by atoms with Crippen LogP contribution in [-0.4, -0.2) is 24.1 Å². The molecule has 1 aromatic carbocycles. The van der Waals surface area contributed by atoms with Gasteiger partial charge in [-0.05, 0) is 31.2 Å². The smallest absolute Gasteiger partial charge is 0.326 e. The standard InChI is InChI=1S/C13H13BrN2O2S/c1-2-18-12(17)9-16(13-15-7-8-19-13)11-5-3-10(14)4-6-11/h3-8H,2,9H2,1H3. The van der Waals surface area contributed by atoms with Gasteiger partial charge in [-0.1, -0.05) is 15.9 Å². The molecule has 0 saturated heterocycles. The zero-order valence-electron chi connectivity index (χ0n) is 10.4. The number of hydrogen-bond donors (Lipinski definition) is 0. The number of carbonyl (C=O) groups excluding carboxylic acids is 1. The van der Waals surface area contributed by atoms with Gasteiger partial charge in [0, 0.05) is 21.7 Å². The third-order valence-electron chi connectivity index (χ3n) is 2.38. The van der Waals surface area contributed by atoms with E-state index in [1.807, 2.05) is 34.5 Å². The molecule has 0 bridgehead atoms. The van der Waals surface area contributed by atoms with Crippen LogP contribution in [0.5, 0.6) is 0 Å². The first-order valence-corrected chi connectivity index (χ1v) is 7.46. The highest BCUT2D eigenvalue weighted by molar-refractivity contribution is 9.10. The minimum Gasteiger partial charge on any atom is -0.465 e. The predicted molar refractivity (Wildman–Crippen MR) is 79.9 cm³/mol. The van der Waals surface area contributed by atoms with Crippen molar-refractivity contribution in [1.29, 1.82) is 0 Å². The maximum atomic E-state index is 11.7. The molecule has 0 N–H and O–H groups in total. The molecule has 0 fully saturated rings. The van der Waals surface area contributed by atoms with Crippen LogP contribution < -0.4 is 4.90 Å². The van der Waals surface area contributed by atoms with Gasteiger partial charge in [-0.25, -0.2) is 4.98 Å². The van der Waals surface area contributed by atoms with Crippen molar-refractivity contribution in [2.75, 3.05) is 18.1 Å². The number of nitrogens with zero attached hydrogens (tertiary/aromatic N) is 2. The second-order valence-corrected chi connectivity index (χ2v) is 5.47.